The first-order chi connectivity index (χ1) is 16.1. The van der Waals surface area contributed by atoms with Gasteiger partial charge in [0.1, 0.15) is 5.82 Å². The van der Waals surface area contributed by atoms with Gasteiger partial charge in [0.25, 0.3) is 0 Å². The van der Waals surface area contributed by atoms with E-state index in [4.69, 9.17) is 21.3 Å². The maximum absolute atomic E-state index is 10.4. The Balaban J connectivity index is 1.36. The molecule has 2 fully saturated rings. The lowest BCUT2D eigenvalue weighted by molar-refractivity contribution is 0.00884. The van der Waals surface area contributed by atoms with Crippen LogP contribution in [-0.4, -0.2) is 80.8 Å². The number of aliphatic hydroxyl groups is 1. The highest BCUT2D eigenvalue weighted by Gasteiger charge is 2.44. The van der Waals surface area contributed by atoms with Crippen molar-refractivity contribution in [2.45, 2.75) is 44.9 Å². The summed E-state index contributed by atoms with van der Waals surface area (Å²) in [6, 6.07) is 5.88. The van der Waals surface area contributed by atoms with Crippen molar-refractivity contribution in [3.05, 3.63) is 35.6 Å². The molecule has 0 aliphatic carbocycles. The van der Waals surface area contributed by atoms with Crippen LogP contribution < -0.4 is 10.2 Å². The molecular weight excluding hydrogens is 454 g/mol. The molecule has 0 saturated carbocycles. The average Bonchev–Trinajstić information content (AvgIpc) is 3.40. The van der Waals surface area contributed by atoms with Gasteiger partial charge in [0, 0.05) is 43.8 Å². The summed E-state index contributed by atoms with van der Waals surface area (Å²) >= 11 is 6.68. The maximum atomic E-state index is 10.4. The lowest BCUT2D eigenvalue weighted by atomic mass is 9.95. The number of fused-ring (bicyclic) bond motifs is 1. The Bertz CT molecular complexity index is 1190. The average molecular weight is 486 g/mol. The van der Waals surface area contributed by atoms with Crippen molar-refractivity contribution < 1.29 is 9.84 Å². The van der Waals surface area contributed by atoms with Crippen LogP contribution in [0.3, 0.4) is 0 Å². The molecule has 2 aromatic heterocycles. The zero-order chi connectivity index (χ0) is 24.1. The van der Waals surface area contributed by atoms with Crippen LogP contribution in [0.2, 0.25) is 5.02 Å². The van der Waals surface area contributed by atoms with Crippen LogP contribution in [0, 0.1) is 0 Å². The van der Waals surface area contributed by atoms with Crippen LogP contribution in [0.15, 0.2) is 30.6 Å². The van der Waals surface area contributed by atoms with Crippen LogP contribution in [0.5, 0.6) is 0 Å². The number of piperazine rings is 1. The van der Waals surface area contributed by atoms with Gasteiger partial charge in [0.2, 0.25) is 5.95 Å². The largest absolute Gasteiger partial charge is 0.389 e. The van der Waals surface area contributed by atoms with E-state index in [-0.39, 0.29) is 11.1 Å². The number of hydrogen-bond donors (Lipinski definition) is 2. The monoisotopic (exact) mass is 485 g/mol. The van der Waals surface area contributed by atoms with E-state index < -0.39 is 6.10 Å². The summed E-state index contributed by atoms with van der Waals surface area (Å²) in [5, 5.41) is 19.7. The molecule has 0 amide bonds. The molecule has 3 aromatic rings. The Morgan fingerprint density at radius 2 is 1.97 bits per heavy atom. The predicted molar refractivity (Wildman–Crippen MR) is 134 cm³/mol. The number of benzene rings is 1. The molecule has 2 saturated heterocycles. The summed E-state index contributed by atoms with van der Waals surface area (Å²) in [5.74, 6) is 1.35. The number of hydrogen-bond acceptors (Lipinski definition) is 8. The third-order valence-corrected chi connectivity index (χ3v) is 7.20. The molecule has 2 aliphatic heterocycles. The molecule has 2 unspecified atom stereocenters. The second kappa shape index (κ2) is 8.64. The second-order valence-electron chi connectivity index (χ2n) is 10.3. The summed E-state index contributed by atoms with van der Waals surface area (Å²) in [6.07, 6.45) is 3.10. The molecule has 4 heterocycles. The Labute approximate surface area is 204 Å². The number of rotatable bonds is 4. The molecule has 182 valence electrons. The topological polar surface area (TPSA) is 91.6 Å². The molecule has 0 spiro atoms. The molecule has 34 heavy (non-hydrogen) atoms. The van der Waals surface area contributed by atoms with Gasteiger partial charge < -0.3 is 20.1 Å². The molecule has 0 radical (unpaired) electrons. The third-order valence-electron chi connectivity index (χ3n) is 6.90. The quantitative estimate of drug-likeness (QED) is 0.582. The van der Waals surface area contributed by atoms with Gasteiger partial charge in [-0.25, -0.2) is 14.6 Å². The lowest BCUT2D eigenvalue weighted by Crippen LogP contribution is -2.60. The maximum Gasteiger partial charge on any atom is 0.228 e. The number of ether oxygens (including phenoxy) is 1. The molecule has 9 nitrogen and oxygen atoms in total. The van der Waals surface area contributed by atoms with Crippen LogP contribution in [0.25, 0.3) is 10.9 Å². The van der Waals surface area contributed by atoms with Gasteiger partial charge in [-0.05, 0) is 39.8 Å². The molecule has 10 heteroatoms. The third kappa shape index (κ3) is 4.22. The fourth-order valence-corrected chi connectivity index (χ4v) is 5.09. The summed E-state index contributed by atoms with van der Waals surface area (Å²) < 4.78 is 7.44. The van der Waals surface area contributed by atoms with Crippen molar-refractivity contribution in [1.82, 2.24) is 24.6 Å². The van der Waals surface area contributed by atoms with Gasteiger partial charge in [-0.1, -0.05) is 11.6 Å². The summed E-state index contributed by atoms with van der Waals surface area (Å²) in [5.41, 5.74) is 1.30. The Morgan fingerprint density at radius 3 is 2.65 bits per heavy atom. The normalized spacial score (nSPS) is 24.2. The SMILES string of the molecule is CC1(N2CCN(c3cc4nc(Nc5ccnn5C(C)(C)C)ncc4cc3Cl)CC2)COCC1O. The lowest BCUT2D eigenvalue weighted by Gasteiger charge is -2.45. The minimum atomic E-state index is -0.458. The van der Waals surface area contributed by atoms with E-state index in [9.17, 15) is 5.11 Å². The van der Waals surface area contributed by atoms with Gasteiger partial charge in [-0.2, -0.15) is 5.10 Å². The van der Waals surface area contributed by atoms with Crippen molar-refractivity contribution in [2.75, 3.05) is 49.6 Å². The van der Waals surface area contributed by atoms with E-state index in [0.29, 0.717) is 24.2 Å². The minimum Gasteiger partial charge on any atom is -0.389 e. The highest BCUT2D eigenvalue weighted by atomic mass is 35.5. The number of aromatic nitrogens is 4. The van der Waals surface area contributed by atoms with Crippen LogP contribution in [0.1, 0.15) is 27.7 Å². The van der Waals surface area contributed by atoms with Gasteiger partial charge in [0.05, 0.1) is 52.8 Å². The first-order valence-electron chi connectivity index (χ1n) is 11.7. The zero-order valence-corrected chi connectivity index (χ0v) is 20.9. The van der Waals surface area contributed by atoms with E-state index in [1.807, 2.05) is 22.9 Å². The van der Waals surface area contributed by atoms with Crippen molar-refractivity contribution in [3.8, 4) is 0 Å². The first kappa shape index (κ1) is 23.3. The zero-order valence-electron chi connectivity index (χ0n) is 20.1. The van der Waals surface area contributed by atoms with Gasteiger partial charge in [-0.15, -0.1) is 0 Å². The Kier molecular flexibility index (Phi) is 5.92. The molecule has 2 N–H and O–H groups in total. The molecule has 2 aliphatic rings. The van der Waals surface area contributed by atoms with E-state index in [0.717, 1.165) is 48.6 Å². The smallest absolute Gasteiger partial charge is 0.228 e. The Hall–Kier alpha value is -2.46. The van der Waals surface area contributed by atoms with E-state index in [1.54, 1.807) is 12.4 Å². The molecular formula is C24H32ClN7O2. The fourth-order valence-electron chi connectivity index (χ4n) is 4.80. The standard InChI is InChI=1S/C24H32ClN7O2/c1-23(2,3)32-21(5-6-27-32)29-22-26-13-16-11-17(25)19(12-18(16)28-22)30-7-9-31(10-8-30)24(4)15-34-14-20(24)33/h5-6,11-13,20,33H,7-10,14-15H2,1-4H3,(H,26,28,29). The second-order valence-corrected chi connectivity index (χ2v) is 10.7. The number of nitrogens with zero attached hydrogens (tertiary/aromatic N) is 6. The van der Waals surface area contributed by atoms with Crippen molar-refractivity contribution in [3.63, 3.8) is 0 Å². The predicted octanol–water partition coefficient (Wildman–Crippen LogP) is 3.25. The van der Waals surface area contributed by atoms with Crippen LogP contribution in [0.4, 0.5) is 17.5 Å². The number of nitrogens with one attached hydrogen (secondary N) is 1. The van der Waals surface area contributed by atoms with Gasteiger partial charge in [0.15, 0.2) is 0 Å². The molecule has 5 rings (SSSR count). The highest BCUT2D eigenvalue weighted by molar-refractivity contribution is 6.34. The van der Waals surface area contributed by atoms with E-state index >= 15 is 0 Å². The summed E-state index contributed by atoms with van der Waals surface area (Å²) in [6.45, 7) is 12.6. The molecule has 1 aromatic carbocycles. The number of anilines is 3. The van der Waals surface area contributed by atoms with Gasteiger partial charge in [-0.3, -0.25) is 4.90 Å². The summed E-state index contributed by atoms with van der Waals surface area (Å²) in [4.78, 5) is 13.9. The van der Waals surface area contributed by atoms with Crippen LogP contribution >= 0.6 is 11.6 Å². The minimum absolute atomic E-state index is 0.163. The van der Waals surface area contributed by atoms with Crippen molar-refractivity contribution in [2.24, 2.45) is 0 Å². The van der Waals surface area contributed by atoms with Gasteiger partial charge >= 0.3 is 0 Å². The molecule has 0 bridgehead atoms. The summed E-state index contributed by atoms with van der Waals surface area (Å²) in [7, 11) is 0. The van der Waals surface area contributed by atoms with Crippen molar-refractivity contribution in [1.29, 1.82) is 0 Å². The Morgan fingerprint density at radius 1 is 1.21 bits per heavy atom. The van der Waals surface area contributed by atoms with E-state index in [2.05, 4.69) is 52.9 Å². The number of halogens is 1. The molecule has 2 atom stereocenters. The fraction of sp³-hybridized carbons (Fsp3) is 0.542. The highest BCUT2D eigenvalue weighted by Crippen LogP contribution is 2.33. The van der Waals surface area contributed by atoms with Crippen LogP contribution in [-0.2, 0) is 10.3 Å². The van der Waals surface area contributed by atoms with Crippen molar-refractivity contribution >= 4 is 40.0 Å². The van der Waals surface area contributed by atoms with E-state index in [1.165, 1.54) is 0 Å². The number of aliphatic hydroxyl groups excluding tert-OH is 1. The first-order valence-corrected chi connectivity index (χ1v) is 12.1.